The Morgan fingerprint density at radius 1 is 1.13 bits per heavy atom. The van der Waals surface area contributed by atoms with Crippen molar-refractivity contribution in [2.24, 2.45) is 5.10 Å². The number of carbonyl (C=O) groups is 3. The van der Waals surface area contributed by atoms with Crippen LogP contribution in [0.4, 0.5) is 5.69 Å². The van der Waals surface area contributed by atoms with E-state index in [0.717, 1.165) is 12.0 Å². The first kappa shape index (κ1) is 23.9. The van der Waals surface area contributed by atoms with Crippen LogP contribution in [0.25, 0.3) is 0 Å². The zero-order chi connectivity index (χ0) is 22.8. The Kier molecular flexibility index (Phi) is 9.02. The molecule has 9 heteroatoms. The first-order chi connectivity index (χ1) is 14.8. The number of hydrogen-bond acceptors (Lipinski definition) is 5. The second-order valence-electron chi connectivity index (χ2n) is 6.85. The number of aryl methyl sites for hydroxylation is 1. The third-order valence-electron chi connectivity index (χ3n) is 4.28. The molecule has 2 aromatic rings. The van der Waals surface area contributed by atoms with Gasteiger partial charge in [0.2, 0.25) is 0 Å². The van der Waals surface area contributed by atoms with Crippen molar-refractivity contribution in [1.29, 1.82) is 0 Å². The third-order valence-corrected chi connectivity index (χ3v) is 4.69. The number of amides is 3. The van der Waals surface area contributed by atoms with Crippen molar-refractivity contribution >= 4 is 41.2 Å². The Morgan fingerprint density at radius 2 is 1.84 bits per heavy atom. The van der Waals surface area contributed by atoms with Crippen LogP contribution in [0.3, 0.4) is 0 Å². The van der Waals surface area contributed by atoms with Crippen LogP contribution >= 0.6 is 11.6 Å². The minimum atomic E-state index is -0.836. The molecule has 0 heterocycles. The van der Waals surface area contributed by atoms with Crippen molar-refractivity contribution in [3.05, 3.63) is 58.6 Å². The maximum atomic E-state index is 12.0. The third kappa shape index (κ3) is 8.10. The normalized spacial score (nSPS) is 11.6. The number of hydrogen-bond donors (Lipinski definition) is 3. The molecule has 0 radical (unpaired) electrons. The molecule has 3 amide bonds. The lowest BCUT2D eigenvalue weighted by molar-refractivity contribution is -0.139. The van der Waals surface area contributed by atoms with Crippen LogP contribution < -0.4 is 20.8 Å². The average Bonchev–Trinajstić information content (AvgIpc) is 2.75. The predicted octanol–water partition coefficient (Wildman–Crippen LogP) is 3.03. The molecule has 0 unspecified atom stereocenters. The van der Waals surface area contributed by atoms with E-state index in [1.807, 2.05) is 19.9 Å². The number of rotatable bonds is 8. The maximum absolute atomic E-state index is 12.0. The lowest BCUT2D eigenvalue weighted by Gasteiger charge is -2.09. The van der Waals surface area contributed by atoms with Gasteiger partial charge in [-0.15, -0.1) is 0 Å². The molecule has 0 saturated heterocycles. The fraction of sp³-hybridized carbons (Fsp3) is 0.273. The van der Waals surface area contributed by atoms with Gasteiger partial charge in [-0.1, -0.05) is 24.6 Å². The number of halogens is 1. The lowest BCUT2D eigenvalue weighted by Crippen LogP contribution is -2.41. The summed E-state index contributed by atoms with van der Waals surface area (Å²) in [5.74, 6) is -1.39. The van der Waals surface area contributed by atoms with E-state index in [1.54, 1.807) is 43.3 Å². The first-order valence-corrected chi connectivity index (χ1v) is 10.1. The van der Waals surface area contributed by atoms with E-state index >= 15 is 0 Å². The van der Waals surface area contributed by atoms with Crippen LogP contribution in [-0.2, 0) is 14.4 Å². The van der Waals surface area contributed by atoms with Crippen molar-refractivity contribution in [3.8, 4) is 5.75 Å². The summed E-state index contributed by atoms with van der Waals surface area (Å²) >= 11 is 6.04. The monoisotopic (exact) mass is 444 g/mol. The molecule has 0 aliphatic rings. The molecule has 0 spiro atoms. The van der Waals surface area contributed by atoms with Crippen molar-refractivity contribution < 1.29 is 19.1 Å². The molecule has 0 aliphatic carbocycles. The van der Waals surface area contributed by atoms with E-state index in [9.17, 15) is 14.4 Å². The molecule has 3 N–H and O–H groups in total. The Balaban J connectivity index is 1.78. The summed E-state index contributed by atoms with van der Waals surface area (Å²) < 4.78 is 5.46. The largest absolute Gasteiger partial charge is 0.484 e. The van der Waals surface area contributed by atoms with Crippen molar-refractivity contribution in [2.45, 2.75) is 33.2 Å². The van der Waals surface area contributed by atoms with Gasteiger partial charge in [0.05, 0.1) is 6.21 Å². The number of benzene rings is 2. The highest BCUT2D eigenvalue weighted by Gasteiger charge is 2.14. The van der Waals surface area contributed by atoms with Gasteiger partial charge < -0.3 is 15.4 Å². The van der Waals surface area contributed by atoms with E-state index in [1.165, 1.54) is 6.21 Å². The van der Waals surface area contributed by atoms with Crippen LogP contribution in [-0.4, -0.2) is 36.6 Å². The van der Waals surface area contributed by atoms with Crippen molar-refractivity contribution in [2.75, 3.05) is 11.9 Å². The Morgan fingerprint density at radius 3 is 2.48 bits per heavy atom. The van der Waals surface area contributed by atoms with Gasteiger partial charge in [0, 0.05) is 16.8 Å². The standard InChI is InChI=1S/C22H25ClN4O4/c1-4-15(3)25-21(29)22(30)27-24-12-16-6-9-18(10-7-16)31-13-20(28)26-17-8-5-14(2)19(23)11-17/h5-12,15H,4,13H2,1-3H3,(H,25,29)(H,26,28)(H,27,30)/b24-12-/t15-/m0/s1. The summed E-state index contributed by atoms with van der Waals surface area (Å²) in [6.07, 6.45) is 2.12. The fourth-order valence-corrected chi connectivity index (χ4v) is 2.45. The molecule has 0 aromatic heterocycles. The van der Waals surface area contributed by atoms with Crippen molar-refractivity contribution in [3.63, 3.8) is 0 Å². The Labute approximate surface area is 186 Å². The molecule has 0 aliphatic heterocycles. The predicted molar refractivity (Wildman–Crippen MR) is 120 cm³/mol. The molecule has 8 nitrogen and oxygen atoms in total. The van der Waals surface area contributed by atoms with E-state index < -0.39 is 11.8 Å². The van der Waals surface area contributed by atoms with E-state index in [4.69, 9.17) is 16.3 Å². The summed E-state index contributed by atoms with van der Waals surface area (Å²) in [7, 11) is 0. The second kappa shape index (κ2) is 11.7. The number of nitrogens with zero attached hydrogens (tertiary/aromatic N) is 1. The average molecular weight is 445 g/mol. The van der Waals surface area contributed by atoms with E-state index in [-0.39, 0.29) is 18.6 Å². The topological polar surface area (TPSA) is 109 Å². The van der Waals surface area contributed by atoms with Gasteiger partial charge in [0.15, 0.2) is 6.61 Å². The number of nitrogens with one attached hydrogen (secondary N) is 3. The first-order valence-electron chi connectivity index (χ1n) is 9.71. The number of ether oxygens (including phenoxy) is 1. The van der Waals surface area contributed by atoms with E-state index in [0.29, 0.717) is 22.0 Å². The summed E-state index contributed by atoms with van der Waals surface area (Å²) in [6.45, 7) is 5.42. The van der Waals surface area contributed by atoms with Gasteiger partial charge in [-0.25, -0.2) is 5.43 Å². The molecule has 0 bridgehead atoms. The maximum Gasteiger partial charge on any atom is 0.329 e. The molecule has 1 atom stereocenters. The molecular formula is C22H25ClN4O4. The van der Waals surface area contributed by atoms with Crippen LogP contribution in [0.15, 0.2) is 47.6 Å². The van der Waals surface area contributed by atoms with Crippen molar-refractivity contribution in [1.82, 2.24) is 10.7 Å². The van der Waals surface area contributed by atoms with Gasteiger partial charge >= 0.3 is 11.8 Å². The molecule has 0 fully saturated rings. The Hall–Kier alpha value is -3.39. The summed E-state index contributed by atoms with van der Waals surface area (Å²) in [4.78, 5) is 35.3. The molecule has 31 heavy (non-hydrogen) atoms. The molecule has 164 valence electrons. The zero-order valence-electron chi connectivity index (χ0n) is 17.6. The van der Waals surface area contributed by atoms with Crippen LogP contribution in [0.2, 0.25) is 5.02 Å². The summed E-state index contributed by atoms with van der Waals surface area (Å²) in [6, 6.07) is 11.9. The summed E-state index contributed by atoms with van der Waals surface area (Å²) in [5.41, 5.74) is 4.36. The number of carbonyl (C=O) groups excluding carboxylic acids is 3. The molecule has 2 rings (SSSR count). The molecule has 0 saturated carbocycles. The Bertz CT molecular complexity index is 960. The summed E-state index contributed by atoms with van der Waals surface area (Å²) in [5, 5.41) is 9.59. The minimum Gasteiger partial charge on any atom is -0.484 e. The highest BCUT2D eigenvalue weighted by atomic mass is 35.5. The van der Waals surface area contributed by atoms with Gasteiger partial charge in [0.1, 0.15) is 5.75 Å². The second-order valence-corrected chi connectivity index (χ2v) is 7.26. The van der Waals surface area contributed by atoms with Gasteiger partial charge in [0.25, 0.3) is 5.91 Å². The highest BCUT2D eigenvalue weighted by Crippen LogP contribution is 2.20. The van der Waals surface area contributed by atoms with Gasteiger partial charge in [-0.05, 0) is 67.8 Å². The number of anilines is 1. The van der Waals surface area contributed by atoms with Crippen LogP contribution in [0, 0.1) is 6.92 Å². The van der Waals surface area contributed by atoms with Gasteiger partial charge in [-0.3, -0.25) is 14.4 Å². The smallest absolute Gasteiger partial charge is 0.329 e. The van der Waals surface area contributed by atoms with Crippen LogP contribution in [0.5, 0.6) is 5.75 Å². The quantitative estimate of drug-likeness (QED) is 0.330. The van der Waals surface area contributed by atoms with Crippen LogP contribution in [0.1, 0.15) is 31.4 Å². The zero-order valence-corrected chi connectivity index (χ0v) is 18.3. The highest BCUT2D eigenvalue weighted by molar-refractivity contribution is 6.35. The SMILES string of the molecule is CC[C@H](C)NC(=O)C(=O)N/N=C\c1ccc(OCC(=O)Nc2ccc(C)c(Cl)c2)cc1. The van der Waals surface area contributed by atoms with Gasteiger partial charge in [-0.2, -0.15) is 5.10 Å². The van der Waals surface area contributed by atoms with E-state index in [2.05, 4.69) is 21.2 Å². The molecular weight excluding hydrogens is 420 g/mol. The fourth-order valence-electron chi connectivity index (χ4n) is 2.27. The minimum absolute atomic E-state index is 0.0912. The number of hydrazone groups is 1. The lowest BCUT2D eigenvalue weighted by atomic mass is 10.2. The molecule has 2 aromatic carbocycles.